The second kappa shape index (κ2) is 7.09. The highest BCUT2D eigenvalue weighted by Crippen LogP contribution is 2.43. The van der Waals surface area contributed by atoms with Crippen LogP contribution in [0.5, 0.6) is 28.7 Å². The number of nitrogens with zero attached hydrogens (tertiary/aromatic N) is 1. The molecule has 0 atom stereocenters. The summed E-state index contributed by atoms with van der Waals surface area (Å²) in [6.45, 7) is 0. The van der Waals surface area contributed by atoms with Crippen molar-refractivity contribution >= 4 is 11.4 Å². The molecule has 27 heavy (non-hydrogen) atoms. The van der Waals surface area contributed by atoms with Crippen LogP contribution in [0.4, 0.5) is 20.2 Å². The average molecular weight is 369 g/mol. The van der Waals surface area contributed by atoms with E-state index < -0.39 is 34.4 Å². The number of nitrogen functional groups attached to an aromatic ring is 2. The summed E-state index contributed by atoms with van der Waals surface area (Å²) in [7, 11) is 0. The number of rotatable bonds is 4. The van der Waals surface area contributed by atoms with Gasteiger partial charge < -0.3 is 26.0 Å². The average Bonchev–Trinajstić information content (AvgIpc) is 2.67. The Morgan fingerprint density at radius 1 is 0.778 bits per heavy atom. The Hall–Kier alpha value is -3.99. The minimum absolute atomic E-state index is 0.129. The number of phenolic OH excluding ortho intramolecular Hbond substituents is 1. The molecule has 6 nitrogen and oxygen atoms in total. The summed E-state index contributed by atoms with van der Waals surface area (Å²) in [5.41, 5.74) is 11.5. The van der Waals surface area contributed by atoms with E-state index in [1.165, 1.54) is 48.5 Å². The van der Waals surface area contributed by atoms with E-state index in [4.69, 9.17) is 20.9 Å². The number of halogens is 2. The van der Waals surface area contributed by atoms with Crippen molar-refractivity contribution < 1.29 is 23.4 Å². The van der Waals surface area contributed by atoms with E-state index in [1.54, 1.807) is 6.07 Å². The fourth-order valence-electron chi connectivity index (χ4n) is 2.23. The lowest BCUT2D eigenvalue weighted by Gasteiger charge is -2.15. The zero-order valence-electron chi connectivity index (χ0n) is 13.7. The molecule has 0 bridgehead atoms. The van der Waals surface area contributed by atoms with Gasteiger partial charge in [-0.15, -0.1) is 0 Å². The van der Waals surface area contributed by atoms with Gasteiger partial charge in [-0.3, -0.25) is 0 Å². The Balaban J connectivity index is 2.10. The maximum atomic E-state index is 14.4. The van der Waals surface area contributed by atoms with Crippen LogP contribution in [-0.4, -0.2) is 5.11 Å². The number of hydrogen-bond acceptors (Lipinski definition) is 6. The van der Waals surface area contributed by atoms with Gasteiger partial charge in [-0.05, 0) is 48.5 Å². The van der Waals surface area contributed by atoms with Crippen LogP contribution in [0, 0.1) is 23.0 Å². The molecule has 3 aromatic rings. The molecule has 0 spiro atoms. The number of benzene rings is 3. The highest BCUT2D eigenvalue weighted by Gasteiger charge is 2.28. The minimum Gasteiger partial charge on any atom is -0.503 e. The smallest absolute Gasteiger partial charge is 0.212 e. The van der Waals surface area contributed by atoms with Crippen molar-refractivity contribution in [3.05, 3.63) is 65.7 Å². The van der Waals surface area contributed by atoms with Gasteiger partial charge in [-0.1, -0.05) is 0 Å². The van der Waals surface area contributed by atoms with Crippen molar-refractivity contribution in [1.82, 2.24) is 0 Å². The van der Waals surface area contributed by atoms with Gasteiger partial charge in [0.15, 0.2) is 17.2 Å². The zero-order valence-corrected chi connectivity index (χ0v) is 13.7. The van der Waals surface area contributed by atoms with E-state index in [2.05, 4.69) is 0 Å². The number of nitrogens with two attached hydrogens (primary N) is 2. The Labute approximate surface area is 152 Å². The van der Waals surface area contributed by atoms with Crippen LogP contribution in [0.3, 0.4) is 0 Å². The molecule has 0 fully saturated rings. The van der Waals surface area contributed by atoms with Gasteiger partial charge in [-0.2, -0.15) is 14.0 Å². The maximum Gasteiger partial charge on any atom is 0.212 e. The molecule has 0 radical (unpaired) electrons. The lowest BCUT2D eigenvalue weighted by molar-refractivity contribution is 0.349. The van der Waals surface area contributed by atoms with Gasteiger partial charge in [-0.25, -0.2) is 0 Å². The number of aromatic hydroxyl groups is 1. The molecule has 0 amide bonds. The first-order valence-corrected chi connectivity index (χ1v) is 7.61. The molecule has 0 aliphatic heterocycles. The Morgan fingerprint density at radius 2 is 1.15 bits per heavy atom. The molecule has 136 valence electrons. The largest absolute Gasteiger partial charge is 0.503 e. The lowest BCUT2D eigenvalue weighted by atomic mass is 10.1. The molecule has 0 saturated carbocycles. The minimum atomic E-state index is -1.43. The normalized spacial score (nSPS) is 10.3. The summed E-state index contributed by atoms with van der Waals surface area (Å²) in [5, 5.41) is 19.2. The summed E-state index contributed by atoms with van der Waals surface area (Å²) in [6.07, 6.45) is 0. The molecule has 0 saturated heterocycles. The van der Waals surface area contributed by atoms with E-state index in [0.29, 0.717) is 11.4 Å². The van der Waals surface area contributed by atoms with Gasteiger partial charge >= 0.3 is 0 Å². The molecule has 5 N–H and O–H groups in total. The first-order chi connectivity index (χ1) is 12.9. The second-order valence-corrected chi connectivity index (χ2v) is 5.46. The van der Waals surface area contributed by atoms with Crippen LogP contribution in [0.15, 0.2) is 48.5 Å². The number of ether oxygens (including phenoxy) is 2. The van der Waals surface area contributed by atoms with Gasteiger partial charge in [0.2, 0.25) is 11.6 Å². The molecule has 0 unspecified atom stereocenters. The summed E-state index contributed by atoms with van der Waals surface area (Å²) in [5.74, 6) is -5.27. The third kappa shape index (κ3) is 3.52. The fourth-order valence-corrected chi connectivity index (χ4v) is 2.23. The third-order valence-electron chi connectivity index (χ3n) is 3.58. The third-order valence-corrected chi connectivity index (χ3v) is 3.58. The predicted molar refractivity (Wildman–Crippen MR) is 94.6 cm³/mol. The molecule has 0 aromatic heterocycles. The number of anilines is 2. The topological polar surface area (TPSA) is 115 Å². The molecule has 3 aromatic carbocycles. The quantitative estimate of drug-likeness (QED) is 0.591. The molecule has 0 heterocycles. The van der Waals surface area contributed by atoms with Gasteiger partial charge in [0.1, 0.15) is 23.1 Å². The predicted octanol–water partition coefficient (Wildman–Crippen LogP) is 4.29. The first-order valence-electron chi connectivity index (χ1n) is 7.61. The van der Waals surface area contributed by atoms with Crippen molar-refractivity contribution in [1.29, 1.82) is 5.26 Å². The van der Waals surface area contributed by atoms with E-state index >= 15 is 0 Å². The molecule has 0 aliphatic carbocycles. The maximum absolute atomic E-state index is 14.4. The molecule has 8 heteroatoms. The van der Waals surface area contributed by atoms with E-state index in [-0.39, 0.29) is 11.5 Å². The van der Waals surface area contributed by atoms with Crippen molar-refractivity contribution in [2.45, 2.75) is 0 Å². The van der Waals surface area contributed by atoms with Crippen LogP contribution < -0.4 is 20.9 Å². The number of phenols is 1. The zero-order chi connectivity index (χ0) is 19.6. The lowest BCUT2D eigenvalue weighted by Crippen LogP contribution is -2.01. The highest BCUT2D eigenvalue weighted by molar-refractivity contribution is 5.61. The van der Waals surface area contributed by atoms with Gasteiger partial charge in [0.05, 0.1) is 0 Å². The van der Waals surface area contributed by atoms with Gasteiger partial charge in [0.25, 0.3) is 0 Å². The molecule has 0 aliphatic rings. The highest BCUT2D eigenvalue weighted by atomic mass is 19.1. The summed E-state index contributed by atoms with van der Waals surface area (Å²) in [4.78, 5) is 0. The number of nitriles is 1. The van der Waals surface area contributed by atoms with Crippen LogP contribution in [0.2, 0.25) is 0 Å². The molecular formula is C19H13F2N3O3. The Morgan fingerprint density at radius 3 is 1.48 bits per heavy atom. The Bertz CT molecular complexity index is 956. The summed E-state index contributed by atoms with van der Waals surface area (Å²) >= 11 is 0. The molecule has 3 rings (SSSR count). The molecular weight excluding hydrogens is 356 g/mol. The van der Waals surface area contributed by atoms with Crippen molar-refractivity contribution in [3.8, 4) is 34.8 Å². The Kier molecular flexibility index (Phi) is 4.68. The van der Waals surface area contributed by atoms with E-state index in [9.17, 15) is 19.1 Å². The monoisotopic (exact) mass is 369 g/mol. The van der Waals surface area contributed by atoms with E-state index in [0.717, 1.165) is 0 Å². The van der Waals surface area contributed by atoms with Crippen LogP contribution in [0.1, 0.15) is 5.56 Å². The van der Waals surface area contributed by atoms with Crippen molar-refractivity contribution in [2.24, 2.45) is 0 Å². The summed E-state index contributed by atoms with van der Waals surface area (Å²) < 4.78 is 39.4. The summed E-state index contributed by atoms with van der Waals surface area (Å²) in [6, 6.07) is 13.3. The standard InChI is InChI=1S/C19H13F2N3O3/c20-15-17(25)16(21)19(27-13-7-3-11(24)4-8-13)14(9-22)18(15)26-12-5-1-10(23)2-6-12/h1-8,25H,23-24H2. The van der Waals surface area contributed by atoms with Crippen LogP contribution in [-0.2, 0) is 0 Å². The second-order valence-electron chi connectivity index (χ2n) is 5.46. The van der Waals surface area contributed by atoms with Crippen molar-refractivity contribution in [3.63, 3.8) is 0 Å². The first kappa shape index (κ1) is 17.8. The fraction of sp³-hybridized carbons (Fsp3) is 0. The number of hydrogen-bond donors (Lipinski definition) is 3. The SMILES string of the molecule is N#Cc1c(Oc2ccc(N)cc2)c(F)c(O)c(F)c1Oc1ccc(N)cc1. The van der Waals surface area contributed by atoms with Gasteiger partial charge in [0, 0.05) is 11.4 Å². The van der Waals surface area contributed by atoms with E-state index in [1.807, 2.05) is 0 Å². The van der Waals surface area contributed by atoms with Crippen molar-refractivity contribution in [2.75, 3.05) is 11.5 Å². The van der Waals surface area contributed by atoms with Crippen LogP contribution in [0.25, 0.3) is 0 Å². The van der Waals surface area contributed by atoms with Crippen LogP contribution >= 0.6 is 0 Å².